The fraction of sp³-hybridized carbons (Fsp3) is 0.333. The Kier molecular flexibility index (Phi) is 5.65. The predicted octanol–water partition coefficient (Wildman–Crippen LogP) is 3.90. The van der Waals surface area contributed by atoms with Crippen molar-refractivity contribution in [1.82, 2.24) is 15.1 Å². The Morgan fingerprint density at radius 1 is 0.931 bits per heavy atom. The van der Waals surface area contributed by atoms with Crippen molar-refractivity contribution >= 4 is 11.6 Å². The first kappa shape index (κ1) is 19.2. The lowest BCUT2D eigenvalue weighted by Crippen LogP contribution is -2.49. The van der Waals surface area contributed by atoms with E-state index in [4.69, 9.17) is 0 Å². The second-order valence-corrected chi connectivity index (χ2v) is 7.73. The van der Waals surface area contributed by atoms with Gasteiger partial charge in [-0.25, -0.2) is 0 Å². The minimum Gasteiger partial charge on any atom is -0.365 e. The highest BCUT2D eigenvalue weighted by Gasteiger charge is 2.26. The normalized spacial score (nSPS) is 14.4. The van der Waals surface area contributed by atoms with Crippen molar-refractivity contribution in [3.8, 4) is 0 Å². The quantitative estimate of drug-likeness (QED) is 0.721. The van der Waals surface area contributed by atoms with E-state index >= 15 is 0 Å². The molecule has 150 valence electrons. The minimum absolute atomic E-state index is 0.0845. The second-order valence-electron chi connectivity index (χ2n) is 7.73. The van der Waals surface area contributed by atoms with Gasteiger partial charge in [-0.15, -0.1) is 0 Å². The molecular formula is C24H28N4O. The van der Waals surface area contributed by atoms with Crippen molar-refractivity contribution in [1.29, 1.82) is 0 Å². The molecule has 2 aromatic carbocycles. The number of aryl methyl sites for hydroxylation is 2. The maximum absolute atomic E-state index is 13.2. The minimum atomic E-state index is 0.0845. The molecule has 3 aromatic rings. The van der Waals surface area contributed by atoms with Crippen LogP contribution in [-0.2, 0) is 4.79 Å². The lowest BCUT2D eigenvalue weighted by Gasteiger charge is -2.36. The lowest BCUT2D eigenvalue weighted by molar-refractivity contribution is -0.131. The van der Waals surface area contributed by atoms with Gasteiger partial charge >= 0.3 is 0 Å². The highest BCUT2D eigenvalue weighted by atomic mass is 16.2. The van der Waals surface area contributed by atoms with Crippen LogP contribution in [0.5, 0.6) is 0 Å². The van der Waals surface area contributed by atoms with Crippen LogP contribution in [0.2, 0.25) is 0 Å². The van der Waals surface area contributed by atoms with E-state index in [-0.39, 0.29) is 11.8 Å². The van der Waals surface area contributed by atoms with Crippen LogP contribution < -0.4 is 4.90 Å². The number of nitrogens with one attached hydrogen (secondary N) is 1. The van der Waals surface area contributed by atoms with Crippen molar-refractivity contribution in [3.05, 3.63) is 83.2 Å². The van der Waals surface area contributed by atoms with Crippen LogP contribution in [0.3, 0.4) is 0 Å². The van der Waals surface area contributed by atoms with E-state index in [1.54, 1.807) is 0 Å². The number of rotatable bonds is 5. The Balaban J connectivity index is 1.45. The highest BCUT2D eigenvalue weighted by molar-refractivity contribution is 5.78. The number of H-pyrrole nitrogens is 1. The molecule has 1 saturated heterocycles. The Bertz CT molecular complexity index is 885. The SMILES string of the molecule is Cc1n[nH]c(C)c1N1CCN(C(=O)CC(c2ccccc2)c2ccccc2)CC1. The van der Waals surface area contributed by atoms with Crippen LogP contribution >= 0.6 is 0 Å². The largest absolute Gasteiger partial charge is 0.365 e. The second kappa shape index (κ2) is 8.52. The zero-order valence-corrected chi connectivity index (χ0v) is 17.1. The van der Waals surface area contributed by atoms with Gasteiger partial charge in [0, 0.05) is 38.5 Å². The number of nitrogens with zero attached hydrogens (tertiary/aromatic N) is 3. The third-order valence-corrected chi connectivity index (χ3v) is 5.82. The van der Waals surface area contributed by atoms with Crippen LogP contribution in [0.4, 0.5) is 5.69 Å². The van der Waals surface area contributed by atoms with Gasteiger partial charge in [0.1, 0.15) is 0 Å². The smallest absolute Gasteiger partial charge is 0.223 e. The van der Waals surface area contributed by atoms with Gasteiger partial charge in [0.2, 0.25) is 5.91 Å². The summed E-state index contributed by atoms with van der Waals surface area (Å²) in [7, 11) is 0. The highest BCUT2D eigenvalue weighted by Crippen LogP contribution is 2.29. The third kappa shape index (κ3) is 4.19. The van der Waals surface area contributed by atoms with E-state index in [2.05, 4.69) is 46.3 Å². The molecule has 0 unspecified atom stereocenters. The monoisotopic (exact) mass is 388 g/mol. The van der Waals surface area contributed by atoms with Crippen LogP contribution in [0.1, 0.15) is 34.9 Å². The fourth-order valence-electron chi connectivity index (χ4n) is 4.29. The molecule has 4 rings (SSSR count). The molecule has 0 radical (unpaired) electrons. The average Bonchev–Trinajstić information content (AvgIpc) is 3.11. The van der Waals surface area contributed by atoms with E-state index in [0.29, 0.717) is 6.42 Å². The van der Waals surface area contributed by atoms with Gasteiger partial charge in [0.15, 0.2) is 0 Å². The van der Waals surface area contributed by atoms with E-state index in [9.17, 15) is 4.79 Å². The summed E-state index contributed by atoms with van der Waals surface area (Å²) < 4.78 is 0. The molecule has 0 saturated carbocycles. The number of carbonyl (C=O) groups is 1. The summed E-state index contributed by atoms with van der Waals surface area (Å²) in [6, 6.07) is 20.7. The number of anilines is 1. The summed E-state index contributed by atoms with van der Waals surface area (Å²) >= 11 is 0. The molecule has 1 aliphatic rings. The number of hydrogen-bond acceptors (Lipinski definition) is 3. The molecule has 1 aliphatic heterocycles. The summed E-state index contributed by atoms with van der Waals surface area (Å²) in [5.74, 6) is 0.310. The number of benzene rings is 2. The van der Waals surface area contributed by atoms with Crippen LogP contribution in [0, 0.1) is 13.8 Å². The lowest BCUT2D eigenvalue weighted by atomic mass is 9.88. The number of aromatic nitrogens is 2. The molecule has 0 spiro atoms. The third-order valence-electron chi connectivity index (χ3n) is 5.82. The molecule has 2 heterocycles. The maximum atomic E-state index is 13.2. The van der Waals surface area contributed by atoms with Crippen LogP contribution in [-0.4, -0.2) is 47.2 Å². The van der Waals surface area contributed by atoms with E-state index in [1.165, 1.54) is 16.8 Å². The maximum Gasteiger partial charge on any atom is 0.223 e. The summed E-state index contributed by atoms with van der Waals surface area (Å²) in [6.45, 7) is 7.26. The first-order valence-electron chi connectivity index (χ1n) is 10.3. The van der Waals surface area contributed by atoms with Gasteiger partial charge in [0.25, 0.3) is 0 Å². The Morgan fingerprint density at radius 2 is 1.48 bits per heavy atom. The molecule has 0 bridgehead atoms. The summed E-state index contributed by atoms with van der Waals surface area (Å²) in [5.41, 5.74) is 5.68. The summed E-state index contributed by atoms with van der Waals surface area (Å²) in [5, 5.41) is 7.36. The van der Waals surface area contributed by atoms with Crippen LogP contribution in [0.15, 0.2) is 60.7 Å². The van der Waals surface area contributed by atoms with Gasteiger partial charge in [0.05, 0.1) is 17.1 Å². The van der Waals surface area contributed by atoms with E-state index in [0.717, 1.165) is 37.6 Å². The number of aromatic amines is 1. The van der Waals surface area contributed by atoms with Gasteiger partial charge in [-0.3, -0.25) is 9.89 Å². The fourth-order valence-corrected chi connectivity index (χ4v) is 4.29. The molecule has 29 heavy (non-hydrogen) atoms. The van der Waals surface area contributed by atoms with Gasteiger partial charge < -0.3 is 9.80 Å². The van der Waals surface area contributed by atoms with Gasteiger partial charge in [-0.1, -0.05) is 60.7 Å². The van der Waals surface area contributed by atoms with Gasteiger partial charge in [-0.05, 0) is 25.0 Å². The topological polar surface area (TPSA) is 52.2 Å². The number of amides is 1. The standard InChI is InChI=1S/C24H28N4O/c1-18-24(19(2)26-25-18)28-15-13-27(14-16-28)23(29)17-22(20-9-5-3-6-10-20)21-11-7-4-8-12-21/h3-12,22H,13-17H2,1-2H3,(H,25,26). The van der Waals surface area contributed by atoms with Crippen molar-refractivity contribution in [3.63, 3.8) is 0 Å². The Labute approximate surface area is 172 Å². The average molecular weight is 389 g/mol. The van der Waals surface area contributed by atoms with Crippen molar-refractivity contribution in [2.75, 3.05) is 31.1 Å². The van der Waals surface area contributed by atoms with E-state index in [1.807, 2.05) is 48.2 Å². The predicted molar refractivity (Wildman–Crippen MR) is 116 cm³/mol. The molecule has 0 atom stereocenters. The number of hydrogen-bond donors (Lipinski definition) is 1. The van der Waals surface area contributed by atoms with Crippen molar-refractivity contribution in [2.24, 2.45) is 0 Å². The van der Waals surface area contributed by atoms with Crippen molar-refractivity contribution in [2.45, 2.75) is 26.2 Å². The zero-order valence-electron chi connectivity index (χ0n) is 17.1. The summed E-state index contributed by atoms with van der Waals surface area (Å²) in [4.78, 5) is 17.5. The molecule has 1 N–H and O–H groups in total. The Hall–Kier alpha value is -3.08. The molecule has 5 heteroatoms. The van der Waals surface area contributed by atoms with Crippen LogP contribution in [0.25, 0.3) is 0 Å². The van der Waals surface area contributed by atoms with Crippen molar-refractivity contribution < 1.29 is 4.79 Å². The zero-order chi connectivity index (χ0) is 20.2. The first-order chi connectivity index (χ1) is 14.1. The molecule has 1 fully saturated rings. The first-order valence-corrected chi connectivity index (χ1v) is 10.3. The molecule has 1 amide bonds. The number of piperazine rings is 1. The van der Waals surface area contributed by atoms with Gasteiger partial charge in [-0.2, -0.15) is 5.10 Å². The molecule has 0 aliphatic carbocycles. The van der Waals surface area contributed by atoms with E-state index < -0.39 is 0 Å². The number of carbonyl (C=O) groups excluding carboxylic acids is 1. The summed E-state index contributed by atoms with van der Waals surface area (Å²) in [6.07, 6.45) is 0.498. The molecule has 5 nitrogen and oxygen atoms in total. The molecule has 1 aromatic heterocycles. The Morgan fingerprint density at radius 3 is 1.97 bits per heavy atom. The molecular weight excluding hydrogens is 360 g/mol.